The minimum absolute atomic E-state index is 0.0120. The molecule has 2 rings (SSSR count). The van der Waals surface area contributed by atoms with Crippen LogP contribution in [0.4, 0.5) is 4.79 Å². The highest BCUT2D eigenvalue weighted by molar-refractivity contribution is 5.78. The van der Waals surface area contributed by atoms with Gasteiger partial charge < -0.3 is 19.3 Å². The molecule has 0 radical (unpaired) electrons. The molecule has 2 amide bonds. The minimum atomic E-state index is -0.516. The standard InChI is InChI=1S/C20H30N2O4/c1-15-8-6-9-16(2)18(15)25-14-17(23)21-10-7-11-22(13-12-21)19(24)26-20(3,4)5/h6,8-9H,7,10-14H2,1-5H3. The summed E-state index contributed by atoms with van der Waals surface area (Å²) >= 11 is 0. The first-order valence-electron chi connectivity index (χ1n) is 9.12. The smallest absolute Gasteiger partial charge is 0.410 e. The lowest BCUT2D eigenvalue weighted by molar-refractivity contribution is -0.133. The molecule has 6 nitrogen and oxygen atoms in total. The van der Waals surface area contributed by atoms with Gasteiger partial charge in [-0.05, 0) is 52.2 Å². The fourth-order valence-electron chi connectivity index (χ4n) is 2.93. The van der Waals surface area contributed by atoms with Gasteiger partial charge in [-0.15, -0.1) is 0 Å². The van der Waals surface area contributed by atoms with E-state index in [0.717, 1.165) is 23.3 Å². The van der Waals surface area contributed by atoms with Gasteiger partial charge in [0, 0.05) is 26.2 Å². The van der Waals surface area contributed by atoms with Crippen molar-refractivity contribution < 1.29 is 19.1 Å². The molecule has 0 bridgehead atoms. The number of hydrogen-bond donors (Lipinski definition) is 0. The number of amides is 2. The van der Waals surface area contributed by atoms with E-state index < -0.39 is 5.60 Å². The van der Waals surface area contributed by atoms with Crippen LogP contribution in [0.5, 0.6) is 5.75 Å². The van der Waals surface area contributed by atoms with Crippen LogP contribution in [0.25, 0.3) is 0 Å². The van der Waals surface area contributed by atoms with Gasteiger partial charge in [0.25, 0.3) is 5.91 Å². The first kappa shape index (κ1) is 20.1. The summed E-state index contributed by atoms with van der Waals surface area (Å²) in [6.45, 7) is 11.7. The zero-order valence-corrected chi connectivity index (χ0v) is 16.5. The molecule has 1 aliphatic rings. The third kappa shape index (κ3) is 5.64. The van der Waals surface area contributed by atoms with Crippen molar-refractivity contribution in [3.63, 3.8) is 0 Å². The average molecular weight is 362 g/mol. The molecular weight excluding hydrogens is 332 g/mol. The number of ether oxygens (including phenoxy) is 2. The Hall–Kier alpha value is -2.24. The predicted octanol–water partition coefficient (Wildman–Crippen LogP) is 3.15. The molecular formula is C20H30N2O4. The molecule has 1 saturated heterocycles. The molecule has 0 spiro atoms. The summed E-state index contributed by atoms with van der Waals surface area (Å²) in [5.41, 5.74) is 1.52. The van der Waals surface area contributed by atoms with Crippen LogP contribution < -0.4 is 4.74 Å². The van der Waals surface area contributed by atoms with Gasteiger partial charge in [-0.2, -0.15) is 0 Å². The lowest BCUT2D eigenvalue weighted by Gasteiger charge is -2.26. The molecule has 0 atom stereocenters. The van der Waals surface area contributed by atoms with Crippen LogP contribution in [0, 0.1) is 13.8 Å². The Bertz CT molecular complexity index is 631. The zero-order chi connectivity index (χ0) is 19.3. The van der Waals surface area contributed by atoms with Gasteiger partial charge in [0.1, 0.15) is 11.4 Å². The predicted molar refractivity (Wildman–Crippen MR) is 100 cm³/mol. The van der Waals surface area contributed by atoms with Crippen LogP contribution in [-0.2, 0) is 9.53 Å². The molecule has 0 unspecified atom stereocenters. The lowest BCUT2D eigenvalue weighted by atomic mass is 10.1. The second-order valence-corrected chi connectivity index (χ2v) is 7.71. The second-order valence-electron chi connectivity index (χ2n) is 7.71. The van der Waals surface area contributed by atoms with Crippen molar-refractivity contribution in [3.05, 3.63) is 29.3 Å². The number of carbonyl (C=O) groups is 2. The van der Waals surface area contributed by atoms with Crippen LogP contribution in [-0.4, -0.2) is 60.2 Å². The average Bonchev–Trinajstić information content (AvgIpc) is 2.78. The van der Waals surface area contributed by atoms with Crippen molar-refractivity contribution in [1.29, 1.82) is 0 Å². The van der Waals surface area contributed by atoms with Crippen molar-refractivity contribution in [2.45, 2.75) is 46.6 Å². The summed E-state index contributed by atoms with van der Waals surface area (Å²) < 4.78 is 11.2. The van der Waals surface area contributed by atoms with Crippen LogP contribution in [0.3, 0.4) is 0 Å². The van der Waals surface area contributed by atoms with Crippen molar-refractivity contribution in [2.24, 2.45) is 0 Å². The van der Waals surface area contributed by atoms with Gasteiger partial charge in [-0.3, -0.25) is 4.79 Å². The fraction of sp³-hybridized carbons (Fsp3) is 0.600. The first-order chi connectivity index (χ1) is 12.2. The van der Waals surface area contributed by atoms with E-state index in [0.29, 0.717) is 26.2 Å². The largest absolute Gasteiger partial charge is 0.483 e. The molecule has 1 aliphatic heterocycles. The van der Waals surface area contributed by atoms with Gasteiger partial charge >= 0.3 is 6.09 Å². The monoisotopic (exact) mass is 362 g/mol. The molecule has 0 N–H and O–H groups in total. The maximum atomic E-state index is 12.5. The number of nitrogens with zero attached hydrogens (tertiary/aromatic N) is 2. The van der Waals surface area contributed by atoms with E-state index in [1.165, 1.54) is 0 Å². The third-order valence-electron chi connectivity index (χ3n) is 4.25. The summed E-state index contributed by atoms with van der Waals surface area (Å²) in [4.78, 5) is 28.2. The highest BCUT2D eigenvalue weighted by Gasteiger charge is 2.26. The van der Waals surface area contributed by atoms with E-state index >= 15 is 0 Å². The van der Waals surface area contributed by atoms with Crippen molar-refractivity contribution in [2.75, 3.05) is 32.8 Å². The summed E-state index contributed by atoms with van der Waals surface area (Å²) in [5.74, 6) is 0.713. The molecule has 0 aliphatic carbocycles. The van der Waals surface area contributed by atoms with Crippen molar-refractivity contribution in [3.8, 4) is 5.75 Å². The van der Waals surface area contributed by atoms with E-state index in [1.54, 1.807) is 9.80 Å². The van der Waals surface area contributed by atoms with E-state index in [1.807, 2.05) is 52.8 Å². The Labute approximate surface area is 156 Å². The normalized spacial score (nSPS) is 15.4. The molecule has 26 heavy (non-hydrogen) atoms. The van der Waals surface area contributed by atoms with E-state index in [-0.39, 0.29) is 18.6 Å². The third-order valence-corrected chi connectivity index (χ3v) is 4.25. The van der Waals surface area contributed by atoms with Crippen LogP contribution in [0.2, 0.25) is 0 Å². The maximum absolute atomic E-state index is 12.5. The Morgan fingerprint density at radius 2 is 1.58 bits per heavy atom. The topological polar surface area (TPSA) is 59.1 Å². The maximum Gasteiger partial charge on any atom is 0.410 e. The summed E-state index contributed by atoms with van der Waals surface area (Å²) in [6.07, 6.45) is 0.410. The highest BCUT2D eigenvalue weighted by atomic mass is 16.6. The Balaban J connectivity index is 1.88. The second kappa shape index (κ2) is 8.43. The zero-order valence-electron chi connectivity index (χ0n) is 16.5. The molecule has 6 heteroatoms. The quantitative estimate of drug-likeness (QED) is 0.829. The number of benzene rings is 1. The molecule has 1 aromatic rings. The molecule has 144 valence electrons. The van der Waals surface area contributed by atoms with E-state index in [9.17, 15) is 9.59 Å². The first-order valence-corrected chi connectivity index (χ1v) is 9.12. The number of para-hydroxylation sites is 1. The van der Waals surface area contributed by atoms with Gasteiger partial charge in [-0.1, -0.05) is 18.2 Å². The van der Waals surface area contributed by atoms with Crippen LogP contribution in [0.15, 0.2) is 18.2 Å². The minimum Gasteiger partial charge on any atom is -0.483 e. The highest BCUT2D eigenvalue weighted by Crippen LogP contribution is 2.22. The Morgan fingerprint density at radius 3 is 2.19 bits per heavy atom. The fourth-order valence-corrected chi connectivity index (χ4v) is 2.93. The Kier molecular flexibility index (Phi) is 6.51. The van der Waals surface area contributed by atoms with Gasteiger partial charge in [0.2, 0.25) is 0 Å². The van der Waals surface area contributed by atoms with Crippen LogP contribution >= 0.6 is 0 Å². The van der Waals surface area contributed by atoms with Gasteiger partial charge in [0.15, 0.2) is 6.61 Å². The summed E-state index contributed by atoms with van der Waals surface area (Å²) in [7, 11) is 0. The lowest BCUT2D eigenvalue weighted by Crippen LogP contribution is -2.41. The van der Waals surface area contributed by atoms with E-state index in [2.05, 4.69) is 0 Å². The van der Waals surface area contributed by atoms with Gasteiger partial charge in [-0.25, -0.2) is 4.79 Å². The number of carbonyl (C=O) groups excluding carboxylic acids is 2. The molecule has 1 heterocycles. The summed E-state index contributed by atoms with van der Waals surface area (Å²) in [5, 5.41) is 0. The van der Waals surface area contributed by atoms with E-state index in [4.69, 9.17) is 9.47 Å². The van der Waals surface area contributed by atoms with Gasteiger partial charge in [0.05, 0.1) is 0 Å². The Morgan fingerprint density at radius 1 is 1.00 bits per heavy atom. The molecule has 1 aromatic carbocycles. The van der Waals surface area contributed by atoms with Crippen molar-refractivity contribution >= 4 is 12.0 Å². The SMILES string of the molecule is Cc1cccc(C)c1OCC(=O)N1CCCN(C(=O)OC(C)(C)C)CC1. The molecule has 0 aromatic heterocycles. The molecule has 0 saturated carbocycles. The van der Waals surface area contributed by atoms with Crippen LogP contribution in [0.1, 0.15) is 38.3 Å². The molecule has 1 fully saturated rings. The number of rotatable bonds is 3. The number of hydrogen-bond acceptors (Lipinski definition) is 4. The summed E-state index contributed by atoms with van der Waals surface area (Å²) in [6, 6.07) is 5.91. The number of aryl methyl sites for hydroxylation is 2. The van der Waals surface area contributed by atoms with Crippen molar-refractivity contribution in [1.82, 2.24) is 9.80 Å².